The number of fused-ring (bicyclic) bond motifs is 1. The van der Waals surface area contributed by atoms with Crippen LogP contribution in [-0.2, 0) is 44.5 Å². The number of carbonyl (C=O) groups excluding carboxylic acids is 4. The summed E-state index contributed by atoms with van der Waals surface area (Å²) in [6, 6.07) is 6.66. The lowest BCUT2D eigenvalue weighted by molar-refractivity contribution is -0.295. The molecule has 0 spiro atoms. The molecule has 1 unspecified atom stereocenters. The van der Waals surface area contributed by atoms with Crippen molar-refractivity contribution in [3.63, 3.8) is 0 Å². The van der Waals surface area contributed by atoms with Gasteiger partial charge in [-0.1, -0.05) is 39.8 Å². The first kappa shape index (κ1) is 46.6. The molecule has 1 aromatic heterocycles. The number of nitrogen functional groups attached to an aromatic ring is 1. The SMILES string of the molecule is CC[C@H]1OC(=O)[C@H](C)C(=O)[C@H](C)[C@@H](OC2O[C@H](C)C[C@H](N(C)C)[C@H]2O)[C@](C)(OC)C[C@@H](C)C(=O)C[C@H]2N(CCCCc3ncc(-c4cccc(N)c4)s3)C(=O)O[C@]12CC. The number of aliphatic hydroxyl groups is 1. The number of amides is 1. The third-order valence-electron chi connectivity index (χ3n) is 12.9. The number of likely N-dealkylation sites (N-methyl/N-ethyl adjacent to an activating group) is 1. The van der Waals surface area contributed by atoms with Crippen molar-refractivity contribution in [2.75, 3.05) is 33.5 Å². The maximum Gasteiger partial charge on any atom is 0.410 e. The van der Waals surface area contributed by atoms with Crippen molar-refractivity contribution in [3.8, 4) is 10.4 Å². The molecular weight excluding hydrogens is 777 g/mol. The number of unbranched alkanes of at least 4 members (excludes halogenated alkanes) is 1. The van der Waals surface area contributed by atoms with E-state index in [1.165, 1.54) is 14.0 Å². The Hall–Kier alpha value is -3.47. The predicted octanol–water partition coefficient (Wildman–Crippen LogP) is 6.06. The van der Waals surface area contributed by atoms with E-state index in [-0.39, 0.29) is 43.6 Å². The van der Waals surface area contributed by atoms with E-state index in [1.54, 1.807) is 30.1 Å². The number of thiazole rings is 1. The van der Waals surface area contributed by atoms with Gasteiger partial charge in [-0.25, -0.2) is 9.78 Å². The van der Waals surface area contributed by atoms with Crippen LogP contribution in [0.15, 0.2) is 30.5 Å². The number of ether oxygens (including phenoxy) is 5. The van der Waals surface area contributed by atoms with Crippen LogP contribution in [0.3, 0.4) is 0 Å². The molecule has 12 atom stereocenters. The van der Waals surface area contributed by atoms with Crippen LogP contribution >= 0.6 is 11.3 Å². The number of rotatable bonds is 12. The summed E-state index contributed by atoms with van der Waals surface area (Å²) in [6.07, 6.45) is 0.169. The Morgan fingerprint density at radius 3 is 2.47 bits per heavy atom. The Balaban J connectivity index is 1.42. The van der Waals surface area contributed by atoms with Gasteiger partial charge >= 0.3 is 12.1 Å². The summed E-state index contributed by atoms with van der Waals surface area (Å²) in [5.74, 6) is -4.14. The van der Waals surface area contributed by atoms with Gasteiger partial charge in [0.25, 0.3) is 0 Å². The van der Waals surface area contributed by atoms with E-state index in [0.717, 1.165) is 21.9 Å². The van der Waals surface area contributed by atoms with E-state index in [9.17, 15) is 24.3 Å². The lowest BCUT2D eigenvalue weighted by Crippen LogP contribution is -2.59. The fraction of sp³-hybridized carbons (Fsp3) is 0.705. The Bertz CT molecular complexity index is 1790. The monoisotopic (exact) mass is 842 g/mol. The molecule has 2 aromatic rings. The number of esters is 1. The number of hydrogen-bond acceptors (Lipinski definition) is 14. The van der Waals surface area contributed by atoms with Crippen molar-refractivity contribution in [1.82, 2.24) is 14.8 Å². The molecule has 328 valence electrons. The normalized spacial score (nSPS) is 35.0. The number of anilines is 1. The smallest absolute Gasteiger partial charge is 0.410 e. The van der Waals surface area contributed by atoms with Crippen molar-refractivity contribution in [3.05, 3.63) is 35.5 Å². The number of aryl methyl sites for hydroxylation is 1. The highest BCUT2D eigenvalue weighted by molar-refractivity contribution is 7.15. The molecule has 1 amide bonds. The predicted molar refractivity (Wildman–Crippen MR) is 225 cm³/mol. The number of cyclic esters (lactones) is 1. The first-order valence-electron chi connectivity index (χ1n) is 21.2. The molecule has 4 heterocycles. The molecule has 3 fully saturated rings. The largest absolute Gasteiger partial charge is 0.457 e. The standard InChI is InChI=1S/C44H66N4O10S/c1-11-35-44(12-2)34(48(42(53)58-44)19-14-13-18-36-46-24-33(59-36)29-16-15-17-30(45)21-29)22-32(49)25(3)23-43(7,54-10)39(27(5)37(50)28(6)40(52)56-35)57-41-38(51)31(47(8)9)20-26(4)55-41/h15-17,21,24-28,31,34-35,38-39,41,51H,11-14,18-20,22-23,45H2,1-10H3/t25-,26-,27+,28-,31+,34-,35-,38-,39-,41?,43-,44+/m1/s1. The third kappa shape index (κ3) is 10.0. The van der Waals surface area contributed by atoms with Gasteiger partial charge in [0.2, 0.25) is 0 Å². The average molecular weight is 843 g/mol. The second-order valence-corrected chi connectivity index (χ2v) is 18.4. The van der Waals surface area contributed by atoms with Gasteiger partial charge in [0.1, 0.15) is 23.9 Å². The van der Waals surface area contributed by atoms with Gasteiger partial charge < -0.3 is 44.3 Å². The van der Waals surface area contributed by atoms with Gasteiger partial charge in [0, 0.05) is 49.8 Å². The number of aromatic nitrogens is 1. The molecule has 5 rings (SSSR count). The third-order valence-corrected chi connectivity index (χ3v) is 14.0. The zero-order valence-corrected chi connectivity index (χ0v) is 37.3. The number of nitrogens with zero attached hydrogens (tertiary/aromatic N) is 3. The molecule has 14 nitrogen and oxygen atoms in total. The van der Waals surface area contributed by atoms with E-state index in [4.69, 9.17) is 29.4 Å². The fourth-order valence-corrected chi connectivity index (χ4v) is 10.2. The first-order valence-corrected chi connectivity index (χ1v) is 22.0. The molecule has 0 saturated carbocycles. The second kappa shape index (κ2) is 19.5. The Kier molecular flexibility index (Phi) is 15.4. The molecule has 3 aliphatic heterocycles. The van der Waals surface area contributed by atoms with Gasteiger partial charge in [-0.3, -0.25) is 14.4 Å². The number of benzene rings is 1. The van der Waals surface area contributed by atoms with Crippen molar-refractivity contribution < 1.29 is 48.0 Å². The maximum absolute atomic E-state index is 14.5. The van der Waals surface area contributed by atoms with Gasteiger partial charge in [-0.05, 0) is 97.5 Å². The maximum atomic E-state index is 14.5. The highest BCUT2D eigenvalue weighted by atomic mass is 32.1. The Morgan fingerprint density at radius 1 is 1.10 bits per heavy atom. The van der Waals surface area contributed by atoms with Crippen LogP contribution in [0.25, 0.3) is 10.4 Å². The molecule has 3 saturated heterocycles. The van der Waals surface area contributed by atoms with E-state index >= 15 is 0 Å². The first-order chi connectivity index (χ1) is 27.9. The minimum Gasteiger partial charge on any atom is -0.457 e. The fourth-order valence-electron chi connectivity index (χ4n) is 9.29. The zero-order chi connectivity index (χ0) is 43.4. The summed E-state index contributed by atoms with van der Waals surface area (Å²) < 4.78 is 31.3. The van der Waals surface area contributed by atoms with Crippen molar-refractivity contribution >= 4 is 40.7 Å². The lowest BCUT2D eigenvalue weighted by atomic mass is 9.75. The number of hydrogen-bond donors (Lipinski definition) is 2. The summed E-state index contributed by atoms with van der Waals surface area (Å²) in [6.45, 7) is 12.7. The molecule has 0 bridgehead atoms. The molecule has 15 heteroatoms. The molecular formula is C44H66N4O10S. The number of Topliss-reactive ketones (excluding diaryl/α,β-unsaturated/α-hetero) is 2. The van der Waals surface area contributed by atoms with Gasteiger partial charge in [-0.15, -0.1) is 11.3 Å². The van der Waals surface area contributed by atoms with E-state index in [0.29, 0.717) is 31.5 Å². The van der Waals surface area contributed by atoms with Gasteiger partial charge in [0.15, 0.2) is 17.7 Å². The molecule has 59 heavy (non-hydrogen) atoms. The van der Waals surface area contributed by atoms with E-state index in [1.807, 2.05) is 77.2 Å². The average Bonchev–Trinajstić information content (AvgIpc) is 3.79. The van der Waals surface area contributed by atoms with Gasteiger partial charge in [-0.2, -0.15) is 0 Å². The minimum atomic E-state index is -1.33. The summed E-state index contributed by atoms with van der Waals surface area (Å²) in [5, 5.41) is 12.4. The Morgan fingerprint density at radius 2 is 1.83 bits per heavy atom. The lowest BCUT2D eigenvalue weighted by Gasteiger charge is -2.47. The topological polar surface area (TPSA) is 180 Å². The molecule has 0 radical (unpaired) electrons. The van der Waals surface area contributed by atoms with Crippen molar-refractivity contribution in [1.29, 1.82) is 0 Å². The van der Waals surface area contributed by atoms with Crippen LogP contribution in [-0.4, -0.2) is 125 Å². The van der Waals surface area contributed by atoms with Gasteiger partial charge in [0.05, 0.1) is 33.7 Å². The summed E-state index contributed by atoms with van der Waals surface area (Å²) in [7, 11) is 5.25. The number of ketones is 2. The van der Waals surface area contributed by atoms with Crippen LogP contribution in [0.2, 0.25) is 0 Å². The van der Waals surface area contributed by atoms with Crippen LogP contribution < -0.4 is 5.73 Å². The summed E-state index contributed by atoms with van der Waals surface area (Å²) in [4.78, 5) is 65.9. The number of nitrogens with two attached hydrogens (primary N) is 1. The van der Waals surface area contributed by atoms with E-state index in [2.05, 4.69) is 4.98 Å². The van der Waals surface area contributed by atoms with Crippen LogP contribution in [0.4, 0.5) is 10.5 Å². The zero-order valence-electron chi connectivity index (χ0n) is 36.5. The molecule has 3 aliphatic rings. The second-order valence-electron chi connectivity index (χ2n) is 17.3. The molecule has 3 N–H and O–H groups in total. The van der Waals surface area contributed by atoms with Crippen LogP contribution in [0, 0.1) is 17.8 Å². The minimum absolute atomic E-state index is 0.0489. The molecule has 0 aliphatic carbocycles. The summed E-state index contributed by atoms with van der Waals surface area (Å²) in [5.41, 5.74) is 5.10. The number of carbonyl (C=O) groups is 4. The van der Waals surface area contributed by atoms with E-state index < -0.39 is 77.4 Å². The summed E-state index contributed by atoms with van der Waals surface area (Å²) >= 11 is 1.60. The quantitative estimate of drug-likeness (QED) is 0.109. The van der Waals surface area contributed by atoms with Crippen LogP contribution in [0.1, 0.15) is 98.4 Å². The highest BCUT2D eigenvalue weighted by Crippen LogP contribution is 2.43. The van der Waals surface area contributed by atoms with Crippen molar-refractivity contribution in [2.45, 2.75) is 154 Å². The number of aliphatic hydroxyl groups excluding tert-OH is 1. The van der Waals surface area contributed by atoms with Crippen LogP contribution in [0.5, 0.6) is 0 Å². The highest BCUT2D eigenvalue weighted by Gasteiger charge is 2.59. The molecule has 1 aromatic carbocycles. The Labute approximate surface area is 353 Å². The van der Waals surface area contributed by atoms with Crippen molar-refractivity contribution in [2.24, 2.45) is 17.8 Å². The number of methoxy groups -OCH3 is 1.